The average molecular weight is 455 g/mol. The Morgan fingerprint density at radius 2 is 1.65 bits per heavy atom. The van der Waals surface area contributed by atoms with E-state index in [0.717, 1.165) is 16.8 Å². The molecular formula is C24H23ClN2O3S. The molecule has 0 radical (unpaired) electrons. The van der Waals surface area contributed by atoms with E-state index < -0.39 is 15.6 Å². The summed E-state index contributed by atoms with van der Waals surface area (Å²) in [7, 11) is -3.29. The van der Waals surface area contributed by atoms with Crippen molar-refractivity contribution in [1.82, 2.24) is 0 Å². The summed E-state index contributed by atoms with van der Waals surface area (Å²) in [6.07, 6.45) is 2.33. The highest BCUT2D eigenvalue weighted by atomic mass is 35.5. The lowest BCUT2D eigenvalue weighted by molar-refractivity contribution is 0.0584. The minimum atomic E-state index is -3.29. The van der Waals surface area contributed by atoms with Crippen molar-refractivity contribution in [3.8, 4) is 0 Å². The van der Waals surface area contributed by atoms with Crippen LogP contribution in [0.15, 0.2) is 88.8 Å². The summed E-state index contributed by atoms with van der Waals surface area (Å²) < 4.78 is 23.6. The zero-order valence-corrected chi connectivity index (χ0v) is 18.6. The predicted octanol–water partition coefficient (Wildman–Crippen LogP) is 4.33. The van der Waals surface area contributed by atoms with Crippen LogP contribution in [0.3, 0.4) is 0 Å². The van der Waals surface area contributed by atoms with Gasteiger partial charge in [-0.2, -0.15) is 0 Å². The fourth-order valence-electron chi connectivity index (χ4n) is 3.65. The lowest BCUT2D eigenvalue weighted by Crippen LogP contribution is -2.36. The quantitative estimate of drug-likeness (QED) is 0.601. The van der Waals surface area contributed by atoms with Crippen molar-refractivity contribution >= 4 is 33.0 Å². The molecule has 160 valence electrons. The minimum absolute atomic E-state index is 0.243. The summed E-state index contributed by atoms with van der Waals surface area (Å²) in [5.74, 6) is 0.595. The molecular weight excluding hydrogens is 432 g/mol. The van der Waals surface area contributed by atoms with Crippen LogP contribution >= 0.6 is 11.6 Å². The number of aliphatic imine (C=N–C) groups is 1. The van der Waals surface area contributed by atoms with Gasteiger partial charge in [0.1, 0.15) is 5.84 Å². The lowest BCUT2D eigenvalue weighted by Gasteiger charge is -2.24. The molecule has 0 bridgehead atoms. The molecule has 1 heterocycles. The third kappa shape index (κ3) is 4.98. The van der Waals surface area contributed by atoms with Crippen molar-refractivity contribution < 1.29 is 13.5 Å². The number of benzene rings is 3. The van der Waals surface area contributed by atoms with E-state index in [1.165, 1.54) is 6.26 Å². The zero-order chi connectivity index (χ0) is 22.1. The third-order valence-corrected chi connectivity index (χ3v) is 6.70. The fraction of sp³-hybridized carbons (Fsp3) is 0.208. The van der Waals surface area contributed by atoms with Gasteiger partial charge in [-0.1, -0.05) is 41.9 Å². The van der Waals surface area contributed by atoms with Crippen LogP contribution in [0, 0.1) is 0 Å². The van der Waals surface area contributed by atoms with Gasteiger partial charge in [-0.15, -0.1) is 0 Å². The number of β-amino-alcohol motifs (C(OH)–C–C–N with tert-alkyl or cyclic N) is 1. The monoisotopic (exact) mass is 454 g/mol. The number of halogens is 1. The maximum atomic E-state index is 11.8. The molecule has 1 N–H and O–H groups in total. The van der Waals surface area contributed by atoms with Crippen molar-refractivity contribution in [2.24, 2.45) is 4.99 Å². The Morgan fingerprint density at radius 1 is 1.00 bits per heavy atom. The second-order valence-corrected chi connectivity index (χ2v) is 10.2. The number of rotatable bonds is 6. The van der Waals surface area contributed by atoms with Gasteiger partial charge in [0.05, 0.1) is 11.4 Å². The summed E-state index contributed by atoms with van der Waals surface area (Å²) in [6, 6.07) is 23.9. The van der Waals surface area contributed by atoms with Crippen LogP contribution in [0.5, 0.6) is 0 Å². The number of anilines is 1. The topological polar surface area (TPSA) is 70.0 Å². The van der Waals surface area contributed by atoms with Crippen LogP contribution in [0.2, 0.25) is 5.02 Å². The number of aryl methyl sites for hydroxylation is 1. The molecule has 1 aliphatic heterocycles. The van der Waals surface area contributed by atoms with Gasteiger partial charge in [0.15, 0.2) is 15.6 Å². The largest absolute Gasteiger partial charge is 0.368 e. The first-order chi connectivity index (χ1) is 14.7. The van der Waals surface area contributed by atoms with Crippen molar-refractivity contribution in [1.29, 1.82) is 0 Å². The molecule has 1 unspecified atom stereocenters. The lowest BCUT2D eigenvalue weighted by atomic mass is 10.0. The molecule has 0 amide bonds. The standard InChI is InChI=1S/C24H23ClN2O3S/c1-31(29,30)22-13-7-19(8-14-22)23-26-24(28,16-15-18-5-3-2-4-6-18)17-27(23)21-11-9-20(25)10-12-21/h2-14,28H,15-17H2,1H3. The van der Waals surface area contributed by atoms with Crippen LogP contribution in [0.25, 0.3) is 0 Å². The van der Waals surface area contributed by atoms with Crippen molar-refractivity contribution in [3.63, 3.8) is 0 Å². The predicted molar refractivity (Wildman–Crippen MR) is 125 cm³/mol. The molecule has 0 saturated heterocycles. The molecule has 5 nitrogen and oxygen atoms in total. The van der Waals surface area contributed by atoms with E-state index in [0.29, 0.717) is 30.2 Å². The molecule has 0 fully saturated rings. The summed E-state index contributed by atoms with van der Waals surface area (Å²) >= 11 is 6.05. The van der Waals surface area contributed by atoms with Crippen LogP contribution in [-0.4, -0.2) is 37.9 Å². The smallest absolute Gasteiger partial charge is 0.176 e. The first kappa shape index (κ1) is 21.6. The molecule has 1 aliphatic rings. The Bertz CT molecular complexity index is 1190. The zero-order valence-electron chi connectivity index (χ0n) is 17.1. The van der Waals surface area contributed by atoms with Crippen LogP contribution in [0.4, 0.5) is 5.69 Å². The Morgan fingerprint density at radius 3 is 2.26 bits per heavy atom. The van der Waals surface area contributed by atoms with Gasteiger partial charge >= 0.3 is 0 Å². The molecule has 7 heteroatoms. The number of hydrogen-bond acceptors (Lipinski definition) is 5. The van der Waals surface area contributed by atoms with Gasteiger partial charge < -0.3 is 10.0 Å². The molecule has 1 atom stereocenters. The molecule has 0 saturated carbocycles. The van der Waals surface area contributed by atoms with E-state index in [4.69, 9.17) is 16.6 Å². The Hall–Kier alpha value is -2.67. The summed E-state index contributed by atoms with van der Waals surface area (Å²) in [4.78, 5) is 6.88. The second-order valence-electron chi connectivity index (χ2n) is 7.76. The third-order valence-electron chi connectivity index (χ3n) is 5.32. The molecule has 31 heavy (non-hydrogen) atoms. The van der Waals surface area contributed by atoms with Gasteiger partial charge in [0.25, 0.3) is 0 Å². The molecule has 0 aromatic heterocycles. The first-order valence-electron chi connectivity index (χ1n) is 9.93. The minimum Gasteiger partial charge on any atom is -0.368 e. The molecule has 0 spiro atoms. The maximum Gasteiger partial charge on any atom is 0.176 e. The number of sulfone groups is 1. The Labute approximate surface area is 187 Å². The van der Waals surface area contributed by atoms with E-state index in [2.05, 4.69) is 0 Å². The number of amidine groups is 1. The normalized spacial score (nSPS) is 18.8. The van der Waals surface area contributed by atoms with E-state index in [9.17, 15) is 13.5 Å². The molecule has 4 rings (SSSR count). The highest BCUT2D eigenvalue weighted by Crippen LogP contribution is 2.32. The van der Waals surface area contributed by atoms with Gasteiger partial charge in [-0.3, -0.25) is 0 Å². The molecule has 3 aromatic carbocycles. The van der Waals surface area contributed by atoms with E-state index in [1.54, 1.807) is 36.4 Å². The van der Waals surface area contributed by atoms with Crippen molar-refractivity contribution in [2.45, 2.75) is 23.5 Å². The highest BCUT2D eigenvalue weighted by Gasteiger charge is 2.38. The van der Waals surface area contributed by atoms with Gasteiger partial charge in [0.2, 0.25) is 0 Å². The Kier molecular flexibility index (Phi) is 5.88. The highest BCUT2D eigenvalue weighted by molar-refractivity contribution is 7.90. The van der Waals surface area contributed by atoms with E-state index >= 15 is 0 Å². The molecule has 0 aliphatic carbocycles. The Balaban J connectivity index is 1.67. The van der Waals surface area contributed by atoms with Gasteiger partial charge in [0, 0.05) is 29.0 Å². The van der Waals surface area contributed by atoms with Crippen molar-refractivity contribution in [2.75, 3.05) is 17.7 Å². The van der Waals surface area contributed by atoms with Gasteiger partial charge in [-0.05, 0) is 60.5 Å². The first-order valence-corrected chi connectivity index (χ1v) is 12.2. The van der Waals surface area contributed by atoms with Crippen LogP contribution in [-0.2, 0) is 16.3 Å². The van der Waals surface area contributed by atoms with Crippen molar-refractivity contribution in [3.05, 3.63) is 95.0 Å². The van der Waals surface area contributed by atoms with Gasteiger partial charge in [-0.25, -0.2) is 13.4 Å². The number of aliphatic hydroxyl groups is 1. The summed E-state index contributed by atoms with van der Waals surface area (Å²) in [5.41, 5.74) is 1.46. The van der Waals surface area contributed by atoms with Crippen LogP contribution in [0.1, 0.15) is 17.5 Å². The maximum absolute atomic E-state index is 11.8. The SMILES string of the molecule is CS(=O)(=O)c1ccc(C2=NC(O)(CCc3ccccc3)CN2c2ccc(Cl)cc2)cc1. The summed E-state index contributed by atoms with van der Waals surface area (Å²) in [5, 5.41) is 11.9. The number of nitrogens with zero attached hydrogens (tertiary/aromatic N) is 2. The molecule has 3 aromatic rings. The average Bonchev–Trinajstić information content (AvgIpc) is 3.11. The van der Waals surface area contributed by atoms with Crippen LogP contribution < -0.4 is 4.90 Å². The van der Waals surface area contributed by atoms with E-state index in [1.807, 2.05) is 47.4 Å². The van der Waals surface area contributed by atoms with E-state index in [-0.39, 0.29) is 4.90 Å². The second kappa shape index (κ2) is 8.46. The summed E-state index contributed by atoms with van der Waals surface area (Å²) in [6.45, 7) is 0.296. The fourth-order valence-corrected chi connectivity index (χ4v) is 4.41. The number of hydrogen-bond donors (Lipinski definition) is 1.